The number of nitrogens with zero attached hydrogens (tertiary/aromatic N) is 2. The molecule has 6 heteroatoms. The van der Waals surface area contributed by atoms with E-state index in [1.807, 2.05) is 36.4 Å². The van der Waals surface area contributed by atoms with E-state index in [1.165, 1.54) is 0 Å². The Morgan fingerprint density at radius 2 is 1.92 bits per heavy atom. The molecule has 1 aliphatic rings. The first-order valence-electron chi connectivity index (χ1n) is 8.49. The smallest absolute Gasteiger partial charge is 0.255 e. The minimum absolute atomic E-state index is 0.118. The Bertz CT molecular complexity index is 949. The van der Waals surface area contributed by atoms with Crippen molar-refractivity contribution >= 4 is 29.1 Å². The zero-order valence-corrected chi connectivity index (χ0v) is 15.5. The predicted octanol–water partition coefficient (Wildman–Crippen LogP) is 4.99. The number of hydrogen-bond acceptors (Lipinski definition) is 2. The molecule has 0 spiro atoms. The van der Waals surface area contributed by atoms with E-state index in [0.29, 0.717) is 28.1 Å². The van der Waals surface area contributed by atoms with E-state index in [2.05, 4.69) is 10.4 Å². The van der Waals surface area contributed by atoms with Crippen LogP contribution in [-0.2, 0) is 6.54 Å². The number of carbonyl (C=O) groups is 1. The predicted molar refractivity (Wildman–Crippen MR) is 103 cm³/mol. The number of nitrogens with one attached hydrogen (secondary N) is 1. The largest absolute Gasteiger partial charge is 0.348 e. The van der Waals surface area contributed by atoms with E-state index in [0.717, 1.165) is 29.8 Å². The van der Waals surface area contributed by atoms with Crippen molar-refractivity contribution in [1.29, 1.82) is 0 Å². The van der Waals surface area contributed by atoms with Crippen molar-refractivity contribution in [2.24, 2.45) is 0 Å². The van der Waals surface area contributed by atoms with Crippen LogP contribution < -0.4 is 5.32 Å². The van der Waals surface area contributed by atoms with Crippen molar-refractivity contribution in [3.63, 3.8) is 0 Å². The van der Waals surface area contributed by atoms with Gasteiger partial charge in [-0.2, -0.15) is 5.10 Å². The van der Waals surface area contributed by atoms with Gasteiger partial charge in [0, 0.05) is 17.5 Å². The third-order valence-electron chi connectivity index (χ3n) is 4.45. The molecule has 0 saturated heterocycles. The van der Waals surface area contributed by atoms with Gasteiger partial charge in [-0.3, -0.25) is 4.79 Å². The highest BCUT2D eigenvalue weighted by atomic mass is 35.5. The van der Waals surface area contributed by atoms with Crippen LogP contribution in [0.4, 0.5) is 0 Å². The van der Waals surface area contributed by atoms with E-state index in [4.69, 9.17) is 23.2 Å². The monoisotopic (exact) mass is 385 g/mol. The second-order valence-electron chi connectivity index (χ2n) is 6.39. The molecule has 3 aromatic rings. The molecule has 1 fully saturated rings. The highest BCUT2D eigenvalue weighted by Crippen LogP contribution is 2.43. The summed E-state index contributed by atoms with van der Waals surface area (Å²) in [4.78, 5) is 12.7. The highest BCUT2D eigenvalue weighted by Gasteiger charge is 2.33. The first-order valence-corrected chi connectivity index (χ1v) is 9.24. The first-order chi connectivity index (χ1) is 12.6. The SMILES string of the molecule is O=C(NCc1ccccc1)c1cnn(-c2ccc(Cl)cc2Cl)c1C1CC1. The number of hydrogen-bond donors (Lipinski definition) is 1. The van der Waals surface area contributed by atoms with Crippen molar-refractivity contribution in [2.75, 3.05) is 0 Å². The van der Waals surface area contributed by atoms with Gasteiger partial charge in [-0.05, 0) is 36.6 Å². The van der Waals surface area contributed by atoms with Crippen LogP contribution in [0.1, 0.15) is 40.4 Å². The van der Waals surface area contributed by atoms with Crippen LogP contribution in [0.2, 0.25) is 10.0 Å². The van der Waals surface area contributed by atoms with E-state index in [1.54, 1.807) is 23.0 Å². The molecule has 1 saturated carbocycles. The maximum atomic E-state index is 12.7. The number of rotatable bonds is 5. The lowest BCUT2D eigenvalue weighted by molar-refractivity contribution is 0.0950. The lowest BCUT2D eigenvalue weighted by Gasteiger charge is -2.11. The summed E-state index contributed by atoms with van der Waals surface area (Å²) in [6, 6.07) is 15.1. The zero-order valence-electron chi connectivity index (χ0n) is 14.0. The maximum absolute atomic E-state index is 12.7. The van der Waals surface area contributed by atoms with Gasteiger partial charge >= 0.3 is 0 Å². The van der Waals surface area contributed by atoms with Crippen molar-refractivity contribution in [3.05, 3.63) is 81.6 Å². The molecule has 0 radical (unpaired) electrons. The Labute approximate surface area is 161 Å². The number of halogens is 2. The molecule has 0 atom stereocenters. The summed E-state index contributed by atoms with van der Waals surface area (Å²) in [5.41, 5.74) is 3.32. The second kappa shape index (κ2) is 7.14. The van der Waals surface area contributed by atoms with Gasteiger partial charge in [0.25, 0.3) is 5.91 Å². The molecule has 4 rings (SSSR count). The number of aromatic nitrogens is 2. The fourth-order valence-corrected chi connectivity index (χ4v) is 3.49. The van der Waals surface area contributed by atoms with Crippen LogP contribution in [0.25, 0.3) is 5.69 Å². The van der Waals surface area contributed by atoms with E-state index >= 15 is 0 Å². The number of benzene rings is 2. The molecule has 2 aromatic carbocycles. The lowest BCUT2D eigenvalue weighted by Crippen LogP contribution is -2.23. The summed E-state index contributed by atoms with van der Waals surface area (Å²) in [6.45, 7) is 0.483. The molecule has 1 heterocycles. The van der Waals surface area contributed by atoms with Crippen LogP contribution in [0, 0.1) is 0 Å². The van der Waals surface area contributed by atoms with Crippen LogP contribution in [0.5, 0.6) is 0 Å². The molecule has 1 aliphatic carbocycles. The Morgan fingerprint density at radius 1 is 1.15 bits per heavy atom. The summed E-state index contributed by atoms with van der Waals surface area (Å²) in [6.07, 6.45) is 3.73. The average Bonchev–Trinajstić information content (AvgIpc) is 3.39. The van der Waals surface area contributed by atoms with Gasteiger partial charge in [-0.1, -0.05) is 53.5 Å². The van der Waals surface area contributed by atoms with Gasteiger partial charge in [-0.15, -0.1) is 0 Å². The fraction of sp³-hybridized carbons (Fsp3) is 0.200. The minimum Gasteiger partial charge on any atom is -0.348 e. The quantitative estimate of drug-likeness (QED) is 0.672. The average molecular weight is 386 g/mol. The topological polar surface area (TPSA) is 46.9 Å². The van der Waals surface area contributed by atoms with Gasteiger partial charge in [0.05, 0.1) is 28.2 Å². The normalized spacial score (nSPS) is 13.6. The molecular formula is C20H17Cl2N3O. The fourth-order valence-electron chi connectivity index (χ4n) is 3.00. The van der Waals surface area contributed by atoms with E-state index in [-0.39, 0.29) is 5.91 Å². The van der Waals surface area contributed by atoms with Gasteiger partial charge in [0.1, 0.15) is 0 Å². The molecule has 0 aliphatic heterocycles. The minimum atomic E-state index is -0.118. The molecule has 132 valence electrons. The Kier molecular flexibility index (Phi) is 4.70. The van der Waals surface area contributed by atoms with Gasteiger partial charge in [0.15, 0.2) is 0 Å². The Balaban J connectivity index is 1.63. The Hall–Kier alpha value is -2.30. The molecule has 1 N–H and O–H groups in total. The van der Waals surface area contributed by atoms with Gasteiger partial charge in [-0.25, -0.2) is 4.68 Å². The summed E-state index contributed by atoms with van der Waals surface area (Å²) >= 11 is 12.3. The third-order valence-corrected chi connectivity index (χ3v) is 4.99. The number of amides is 1. The summed E-state index contributed by atoms with van der Waals surface area (Å²) in [5.74, 6) is 0.216. The van der Waals surface area contributed by atoms with Crippen LogP contribution in [-0.4, -0.2) is 15.7 Å². The summed E-state index contributed by atoms with van der Waals surface area (Å²) < 4.78 is 1.77. The molecule has 1 aromatic heterocycles. The maximum Gasteiger partial charge on any atom is 0.255 e. The summed E-state index contributed by atoms with van der Waals surface area (Å²) in [5, 5.41) is 8.50. The lowest BCUT2D eigenvalue weighted by atomic mass is 10.1. The van der Waals surface area contributed by atoms with Crippen LogP contribution in [0.15, 0.2) is 54.7 Å². The first kappa shape index (κ1) is 17.1. The summed E-state index contributed by atoms with van der Waals surface area (Å²) in [7, 11) is 0. The highest BCUT2D eigenvalue weighted by molar-refractivity contribution is 6.35. The van der Waals surface area contributed by atoms with E-state index in [9.17, 15) is 4.79 Å². The molecule has 1 amide bonds. The van der Waals surface area contributed by atoms with Crippen molar-refractivity contribution in [2.45, 2.75) is 25.3 Å². The van der Waals surface area contributed by atoms with Gasteiger partial charge < -0.3 is 5.32 Å². The molecular weight excluding hydrogens is 369 g/mol. The molecule has 0 unspecified atom stereocenters. The standard InChI is InChI=1S/C20H17Cl2N3O/c21-15-8-9-18(17(22)10-15)25-19(14-6-7-14)16(12-24-25)20(26)23-11-13-4-2-1-3-5-13/h1-5,8-10,12,14H,6-7,11H2,(H,23,26). The van der Waals surface area contributed by atoms with Gasteiger partial charge in [0.2, 0.25) is 0 Å². The molecule has 26 heavy (non-hydrogen) atoms. The number of carbonyl (C=O) groups excluding carboxylic acids is 1. The second-order valence-corrected chi connectivity index (χ2v) is 7.24. The molecule has 0 bridgehead atoms. The van der Waals surface area contributed by atoms with Crippen molar-refractivity contribution < 1.29 is 4.79 Å². The third kappa shape index (κ3) is 3.48. The van der Waals surface area contributed by atoms with Crippen molar-refractivity contribution in [3.8, 4) is 5.69 Å². The van der Waals surface area contributed by atoms with Crippen molar-refractivity contribution in [1.82, 2.24) is 15.1 Å². The molecule has 4 nitrogen and oxygen atoms in total. The van der Waals surface area contributed by atoms with Crippen LogP contribution in [0.3, 0.4) is 0 Å². The zero-order chi connectivity index (χ0) is 18.1. The van der Waals surface area contributed by atoms with Crippen LogP contribution >= 0.6 is 23.2 Å². The van der Waals surface area contributed by atoms with E-state index < -0.39 is 0 Å². The Morgan fingerprint density at radius 3 is 2.62 bits per heavy atom.